The maximum Gasteiger partial charge on any atom is 0.258 e. The van der Waals surface area contributed by atoms with Crippen molar-refractivity contribution >= 4 is 34.1 Å². The van der Waals surface area contributed by atoms with Gasteiger partial charge in [-0.3, -0.25) is 9.78 Å². The molecule has 5 nitrogen and oxygen atoms in total. The Labute approximate surface area is 163 Å². The molecular weight excluding hydrogens is 362 g/mol. The van der Waals surface area contributed by atoms with Crippen LogP contribution in [0.15, 0.2) is 60.8 Å². The molecule has 0 saturated heterocycles. The molecule has 1 atom stereocenters. The van der Waals surface area contributed by atoms with Crippen LogP contribution in [0.1, 0.15) is 6.92 Å². The number of halogens is 1. The minimum Gasteiger partial charge on any atom is -0.481 e. The number of rotatable bonds is 7. The summed E-state index contributed by atoms with van der Waals surface area (Å²) in [5.41, 5.74) is 1.75. The average Bonchev–Trinajstić information content (AvgIpc) is 2.71. The van der Waals surface area contributed by atoms with Gasteiger partial charge in [0.2, 0.25) is 0 Å². The number of anilines is 1. The highest BCUT2D eigenvalue weighted by atomic mass is 35.5. The van der Waals surface area contributed by atoms with Gasteiger partial charge in [0.1, 0.15) is 11.3 Å². The van der Waals surface area contributed by atoms with Crippen molar-refractivity contribution in [2.75, 3.05) is 25.1 Å². The third-order valence-corrected chi connectivity index (χ3v) is 4.79. The fourth-order valence-corrected chi connectivity index (χ4v) is 2.95. The molecule has 0 saturated carbocycles. The monoisotopic (exact) mass is 383 g/mol. The first-order valence-electron chi connectivity index (χ1n) is 8.77. The number of nitrogens with one attached hydrogen (secondary N) is 1. The molecule has 0 aliphatic heterocycles. The zero-order valence-corrected chi connectivity index (χ0v) is 16.1. The van der Waals surface area contributed by atoms with E-state index >= 15 is 0 Å². The van der Waals surface area contributed by atoms with Crippen LogP contribution in [0, 0.1) is 0 Å². The Morgan fingerprint density at radius 1 is 1.19 bits per heavy atom. The van der Waals surface area contributed by atoms with E-state index in [0.717, 1.165) is 11.1 Å². The van der Waals surface area contributed by atoms with Gasteiger partial charge >= 0.3 is 0 Å². The lowest BCUT2D eigenvalue weighted by atomic mass is 10.2. The molecule has 0 fully saturated rings. The molecule has 3 aromatic rings. The van der Waals surface area contributed by atoms with Gasteiger partial charge in [0.25, 0.3) is 5.91 Å². The molecule has 3 rings (SSSR count). The van der Waals surface area contributed by atoms with E-state index in [-0.39, 0.29) is 18.6 Å². The first-order valence-corrected chi connectivity index (χ1v) is 9.14. The Bertz CT molecular complexity index is 918. The Kier molecular flexibility index (Phi) is 6.14. The molecule has 1 unspecified atom stereocenters. The van der Waals surface area contributed by atoms with Gasteiger partial charge in [0.05, 0.1) is 5.02 Å². The van der Waals surface area contributed by atoms with E-state index in [2.05, 4.69) is 22.1 Å². The first-order chi connectivity index (χ1) is 13.1. The smallest absolute Gasteiger partial charge is 0.258 e. The summed E-state index contributed by atoms with van der Waals surface area (Å²) in [6.45, 7) is 2.51. The molecule has 140 valence electrons. The van der Waals surface area contributed by atoms with Crippen molar-refractivity contribution in [3.05, 3.63) is 65.8 Å². The second kappa shape index (κ2) is 8.73. The molecule has 27 heavy (non-hydrogen) atoms. The molecule has 0 radical (unpaired) electrons. The number of hydrogen-bond acceptors (Lipinski definition) is 4. The first kappa shape index (κ1) is 19.0. The second-order valence-electron chi connectivity index (χ2n) is 6.33. The molecule has 0 aliphatic rings. The minimum atomic E-state index is -0.178. The minimum absolute atomic E-state index is 0.0743. The number of para-hydroxylation sites is 1. The van der Waals surface area contributed by atoms with Gasteiger partial charge in [0, 0.05) is 36.9 Å². The van der Waals surface area contributed by atoms with Crippen LogP contribution in [0.3, 0.4) is 0 Å². The van der Waals surface area contributed by atoms with Gasteiger partial charge in [-0.15, -0.1) is 0 Å². The molecule has 0 bridgehead atoms. The Morgan fingerprint density at radius 3 is 2.74 bits per heavy atom. The maximum atomic E-state index is 12.2. The number of aromatic nitrogens is 1. The molecule has 1 N–H and O–H groups in total. The highest BCUT2D eigenvalue weighted by Crippen LogP contribution is 2.29. The van der Waals surface area contributed by atoms with Crippen LogP contribution in [0.2, 0.25) is 5.02 Å². The second-order valence-corrected chi connectivity index (χ2v) is 6.74. The molecular formula is C21H22ClN3O2. The highest BCUT2D eigenvalue weighted by Gasteiger charge is 2.13. The molecule has 1 amide bonds. The van der Waals surface area contributed by atoms with Gasteiger partial charge in [0.15, 0.2) is 6.61 Å². The lowest BCUT2D eigenvalue weighted by Crippen LogP contribution is -2.41. The van der Waals surface area contributed by atoms with Crippen LogP contribution in [0.5, 0.6) is 5.75 Å². The third kappa shape index (κ3) is 4.68. The van der Waals surface area contributed by atoms with E-state index in [1.54, 1.807) is 18.3 Å². The van der Waals surface area contributed by atoms with Gasteiger partial charge in [-0.05, 0) is 43.3 Å². The number of fused-ring (bicyclic) bond motifs is 1. The van der Waals surface area contributed by atoms with Crippen LogP contribution in [0.4, 0.5) is 5.69 Å². The summed E-state index contributed by atoms with van der Waals surface area (Å²) >= 11 is 6.18. The van der Waals surface area contributed by atoms with Gasteiger partial charge < -0.3 is 15.0 Å². The quantitative estimate of drug-likeness (QED) is 0.672. The summed E-state index contributed by atoms with van der Waals surface area (Å²) in [5.74, 6) is 0.363. The molecule has 0 aliphatic carbocycles. The van der Waals surface area contributed by atoms with Crippen molar-refractivity contribution in [1.82, 2.24) is 10.3 Å². The third-order valence-electron chi connectivity index (χ3n) is 4.46. The predicted octanol–water partition coefficient (Wildman–Crippen LogP) is 3.91. The number of hydrogen-bond donors (Lipinski definition) is 1. The summed E-state index contributed by atoms with van der Waals surface area (Å²) in [6.07, 6.45) is 1.67. The zero-order chi connectivity index (χ0) is 19.2. The van der Waals surface area contributed by atoms with Gasteiger partial charge in [-0.1, -0.05) is 29.8 Å². The number of amides is 1. The number of likely N-dealkylation sites (N-methyl/N-ethyl adjacent to an activating group) is 1. The number of pyridine rings is 1. The maximum absolute atomic E-state index is 12.2. The number of benzene rings is 2. The molecule has 0 spiro atoms. The average molecular weight is 384 g/mol. The Morgan fingerprint density at radius 2 is 1.96 bits per heavy atom. The van der Waals surface area contributed by atoms with Crippen LogP contribution in [-0.2, 0) is 4.79 Å². The predicted molar refractivity (Wildman–Crippen MR) is 110 cm³/mol. The normalized spacial score (nSPS) is 11.8. The van der Waals surface area contributed by atoms with Gasteiger partial charge in [-0.25, -0.2) is 0 Å². The topological polar surface area (TPSA) is 54.5 Å². The van der Waals surface area contributed by atoms with Crippen molar-refractivity contribution < 1.29 is 9.53 Å². The fraction of sp³-hybridized carbons (Fsp3) is 0.238. The molecule has 1 aromatic heterocycles. The van der Waals surface area contributed by atoms with Crippen molar-refractivity contribution in [3.8, 4) is 5.75 Å². The summed E-state index contributed by atoms with van der Waals surface area (Å²) in [4.78, 5) is 18.6. The van der Waals surface area contributed by atoms with E-state index in [1.807, 2.05) is 49.5 Å². The van der Waals surface area contributed by atoms with E-state index in [0.29, 0.717) is 22.8 Å². The lowest BCUT2D eigenvalue weighted by molar-refractivity contribution is -0.123. The SMILES string of the molecule is CC(CNC(=O)COc1ccc(Cl)c2cccnc12)N(C)c1ccccc1. The van der Waals surface area contributed by atoms with Crippen molar-refractivity contribution in [3.63, 3.8) is 0 Å². The van der Waals surface area contributed by atoms with Crippen LogP contribution in [0.25, 0.3) is 10.9 Å². The van der Waals surface area contributed by atoms with E-state index in [1.165, 1.54) is 0 Å². The molecule has 2 aromatic carbocycles. The van der Waals surface area contributed by atoms with E-state index in [9.17, 15) is 4.79 Å². The van der Waals surface area contributed by atoms with Gasteiger partial charge in [-0.2, -0.15) is 0 Å². The van der Waals surface area contributed by atoms with Crippen molar-refractivity contribution in [1.29, 1.82) is 0 Å². The van der Waals surface area contributed by atoms with Crippen molar-refractivity contribution in [2.45, 2.75) is 13.0 Å². The fourth-order valence-electron chi connectivity index (χ4n) is 2.74. The Hall–Kier alpha value is -2.79. The summed E-state index contributed by atoms with van der Waals surface area (Å²) < 4.78 is 5.67. The number of carbonyl (C=O) groups excluding carboxylic acids is 1. The molecule has 6 heteroatoms. The standard InChI is InChI=1S/C21H22ClN3O2/c1-15(25(2)16-7-4-3-5-8-16)13-24-20(26)14-27-19-11-10-18(22)17-9-6-12-23-21(17)19/h3-12,15H,13-14H2,1-2H3,(H,24,26). The number of ether oxygens (including phenoxy) is 1. The highest BCUT2D eigenvalue weighted by molar-refractivity contribution is 6.35. The van der Waals surface area contributed by atoms with Crippen LogP contribution in [-0.4, -0.2) is 37.1 Å². The van der Waals surface area contributed by atoms with Crippen molar-refractivity contribution in [2.24, 2.45) is 0 Å². The largest absolute Gasteiger partial charge is 0.481 e. The zero-order valence-electron chi connectivity index (χ0n) is 15.4. The van der Waals surface area contributed by atoms with E-state index in [4.69, 9.17) is 16.3 Å². The summed E-state index contributed by atoms with van der Waals surface area (Å²) in [7, 11) is 2.01. The number of carbonyl (C=O) groups is 1. The van der Waals surface area contributed by atoms with Crippen LogP contribution >= 0.6 is 11.6 Å². The molecule has 1 heterocycles. The Balaban J connectivity index is 1.54. The van der Waals surface area contributed by atoms with Crippen LogP contribution < -0.4 is 15.0 Å². The number of nitrogens with zero attached hydrogens (tertiary/aromatic N) is 2. The lowest BCUT2D eigenvalue weighted by Gasteiger charge is -2.27. The summed E-state index contributed by atoms with van der Waals surface area (Å²) in [6, 6.07) is 17.4. The van der Waals surface area contributed by atoms with E-state index < -0.39 is 0 Å². The summed E-state index contributed by atoms with van der Waals surface area (Å²) in [5, 5.41) is 4.32.